The zero-order valence-electron chi connectivity index (χ0n) is 24.5. The van der Waals surface area contributed by atoms with Crippen molar-refractivity contribution in [1.29, 1.82) is 0 Å². The van der Waals surface area contributed by atoms with Gasteiger partial charge in [0.1, 0.15) is 17.7 Å². The number of nitrogens with one attached hydrogen (secondary N) is 1. The highest BCUT2D eigenvalue weighted by Gasteiger charge is 2.23. The molecule has 0 radical (unpaired) electrons. The highest BCUT2D eigenvalue weighted by Crippen LogP contribution is 2.25. The van der Waals surface area contributed by atoms with Gasteiger partial charge in [-0.2, -0.15) is 11.8 Å². The van der Waals surface area contributed by atoms with Crippen LogP contribution in [0.25, 0.3) is 11.6 Å². The topological polar surface area (TPSA) is 73.2 Å². The Labute approximate surface area is 255 Å². The first kappa shape index (κ1) is 31.7. The number of nitrogens with zero attached hydrogens (tertiary/aromatic N) is 2. The number of allylic oxidation sites excluding steroid dienone is 1. The number of methoxy groups -OCH3 is 1. The third-order valence-electron chi connectivity index (χ3n) is 7.22. The fourth-order valence-corrected chi connectivity index (χ4v) is 5.23. The van der Waals surface area contributed by atoms with E-state index in [-0.39, 0.29) is 17.5 Å². The van der Waals surface area contributed by atoms with Crippen LogP contribution in [-0.4, -0.2) is 46.6 Å². The number of imidazole rings is 1. The molecule has 1 heterocycles. The molecule has 0 aliphatic heterocycles. The van der Waals surface area contributed by atoms with Crippen molar-refractivity contribution in [1.82, 2.24) is 14.9 Å². The number of thioether (sulfide) groups is 1. The first-order valence-electron chi connectivity index (χ1n) is 13.9. The van der Waals surface area contributed by atoms with E-state index in [1.807, 2.05) is 42.1 Å². The molecule has 1 N–H and O–H groups in total. The molecule has 9 heteroatoms. The molecule has 1 atom stereocenters. The Balaban J connectivity index is 1.72. The van der Waals surface area contributed by atoms with Gasteiger partial charge in [0.15, 0.2) is 0 Å². The van der Waals surface area contributed by atoms with E-state index in [9.17, 15) is 18.4 Å². The highest BCUT2D eigenvalue weighted by atomic mass is 32.2. The normalized spacial score (nSPS) is 12.2. The van der Waals surface area contributed by atoms with Crippen LogP contribution in [0.1, 0.15) is 44.7 Å². The second-order valence-electron chi connectivity index (χ2n) is 10.2. The monoisotopic (exact) mass is 603 g/mol. The van der Waals surface area contributed by atoms with Gasteiger partial charge in [-0.05, 0) is 89.4 Å². The third-order valence-corrected chi connectivity index (χ3v) is 7.86. The Kier molecular flexibility index (Phi) is 11.3. The largest absolute Gasteiger partial charge is 0.467 e. The molecule has 43 heavy (non-hydrogen) atoms. The number of ether oxygens (including phenoxy) is 1. The lowest BCUT2D eigenvalue weighted by molar-refractivity contribution is -0.142. The molecule has 0 saturated carbocycles. The molecule has 4 rings (SSSR count). The Morgan fingerprint density at radius 3 is 2.35 bits per heavy atom. The van der Waals surface area contributed by atoms with Crippen molar-refractivity contribution in [2.24, 2.45) is 7.05 Å². The summed E-state index contributed by atoms with van der Waals surface area (Å²) in [6.45, 7) is 0. The zero-order valence-corrected chi connectivity index (χ0v) is 25.3. The average Bonchev–Trinajstić information content (AvgIpc) is 3.42. The van der Waals surface area contributed by atoms with Gasteiger partial charge in [0.2, 0.25) is 0 Å². The van der Waals surface area contributed by atoms with Crippen LogP contribution in [0.5, 0.6) is 0 Å². The van der Waals surface area contributed by atoms with Gasteiger partial charge in [0.25, 0.3) is 5.91 Å². The average molecular weight is 604 g/mol. The highest BCUT2D eigenvalue weighted by molar-refractivity contribution is 7.98. The quantitative estimate of drug-likeness (QED) is 0.144. The van der Waals surface area contributed by atoms with Crippen LogP contribution in [0.15, 0.2) is 79.3 Å². The van der Waals surface area contributed by atoms with Gasteiger partial charge in [-0.3, -0.25) is 4.79 Å². The van der Waals surface area contributed by atoms with Gasteiger partial charge in [0, 0.05) is 30.9 Å². The van der Waals surface area contributed by atoms with Crippen LogP contribution in [0, 0.1) is 11.6 Å². The van der Waals surface area contributed by atoms with Crippen molar-refractivity contribution in [2.45, 2.75) is 31.7 Å². The van der Waals surface area contributed by atoms with E-state index in [2.05, 4.69) is 10.3 Å². The molecule has 1 aromatic heterocycles. The van der Waals surface area contributed by atoms with E-state index in [1.54, 1.807) is 48.6 Å². The number of rotatable bonds is 13. The van der Waals surface area contributed by atoms with E-state index in [0.717, 1.165) is 33.5 Å². The lowest BCUT2D eigenvalue weighted by Crippen LogP contribution is -2.42. The van der Waals surface area contributed by atoms with Gasteiger partial charge < -0.3 is 14.6 Å². The lowest BCUT2D eigenvalue weighted by atomic mass is 9.94. The Hall–Kier alpha value is -4.24. The molecule has 1 amide bonds. The second kappa shape index (κ2) is 15.3. The van der Waals surface area contributed by atoms with Crippen LogP contribution in [0.2, 0.25) is 0 Å². The molecule has 3 aromatic carbocycles. The molecule has 0 fully saturated rings. The van der Waals surface area contributed by atoms with Crippen LogP contribution < -0.4 is 5.32 Å². The fraction of sp³-hybridized carbons (Fsp3) is 0.265. The number of esters is 1. The predicted molar refractivity (Wildman–Crippen MR) is 168 cm³/mol. The van der Waals surface area contributed by atoms with E-state index in [1.165, 1.54) is 31.4 Å². The lowest BCUT2D eigenvalue weighted by Gasteiger charge is -2.18. The molecule has 0 spiro atoms. The number of carbonyl (C=O) groups is 2. The number of hydrogen-bond donors (Lipinski definition) is 1. The summed E-state index contributed by atoms with van der Waals surface area (Å²) in [5.41, 5.74) is 5.68. The summed E-state index contributed by atoms with van der Waals surface area (Å²) in [6.07, 6.45) is 9.53. The molecule has 0 aliphatic carbocycles. The van der Waals surface area contributed by atoms with Crippen LogP contribution in [-0.2, 0) is 35.8 Å². The van der Waals surface area contributed by atoms with Crippen molar-refractivity contribution in [3.8, 4) is 0 Å². The maximum Gasteiger partial charge on any atom is 0.328 e. The molecule has 224 valence electrons. The van der Waals surface area contributed by atoms with Crippen molar-refractivity contribution in [3.05, 3.63) is 124 Å². The van der Waals surface area contributed by atoms with Crippen molar-refractivity contribution >= 4 is 35.3 Å². The molecule has 0 unspecified atom stereocenters. The summed E-state index contributed by atoms with van der Waals surface area (Å²) < 4.78 is 34.1. The number of halogens is 2. The smallest absolute Gasteiger partial charge is 0.328 e. The van der Waals surface area contributed by atoms with E-state index < -0.39 is 12.0 Å². The van der Waals surface area contributed by atoms with Gasteiger partial charge in [0.05, 0.1) is 13.4 Å². The van der Waals surface area contributed by atoms with Gasteiger partial charge in [-0.25, -0.2) is 18.6 Å². The Bertz CT molecular complexity index is 1570. The molecule has 0 aliphatic rings. The van der Waals surface area contributed by atoms with Gasteiger partial charge >= 0.3 is 5.97 Å². The number of hydrogen-bond acceptors (Lipinski definition) is 5. The van der Waals surface area contributed by atoms with Gasteiger partial charge in [-0.1, -0.05) is 42.5 Å². The van der Waals surface area contributed by atoms with Crippen molar-refractivity contribution in [3.63, 3.8) is 0 Å². The standard InChI is InChI=1S/C34H35F2N3O3S/c1-39-22-37-21-30(39)20-27(25-10-14-29(36)15-11-25)18-24-5-9-26(8-4-23-6-12-28(35)13-7-23)31(19-24)33(40)38-32(16-17-43-3)34(41)42-2/h5-7,9-15,18-19,21-22,32H,4,8,16-17,20H2,1-3H3,(H,38,40)/t32-/m0/s1. The minimum atomic E-state index is -0.784. The summed E-state index contributed by atoms with van der Waals surface area (Å²) in [6, 6.07) is 17.5. The minimum absolute atomic E-state index is 0.304. The van der Waals surface area contributed by atoms with E-state index in [0.29, 0.717) is 37.0 Å². The predicted octanol–water partition coefficient (Wildman–Crippen LogP) is 6.29. The second-order valence-corrected chi connectivity index (χ2v) is 11.2. The molecule has 6 nitrogen and oxygen atoms in total. The number of aromatic nitrogens is 2. The molecule has 0 saturated heterocycles. The maximum atomic E-state index is 13.8. The Morgan fingerprint density at radius 2 is 1.72 bits per heavy atom. The van der Waals surface area contributed by atoms with Gasteiger partial charge in [-0.15, -0.1) is 0 Å². The molecular formula is C34H35F2N3O3S. The third kappa shape index (κ3) is 8.88. The number of aryl methyl sites for hydroxylation is 3. The summed E-state index contributed by atoms with van der Waals surface area (Å²) in [5.74, 6) is -0.830. The first-order chi connectivity index (χ1) is 20.8. The SMILES string of the molecule is COC(=O)[C@H](CCSC)NC(=O)c1cc(C=C(Cc2cncn2C)c2ccc(F)cc2)ccc1CCc1ccc(F)cc1. The molecule has 0 bridgehead atoms. The summed E-state index contributed by atoms with van der Waals surface area (Å²) in [5, 5.41) is 2.88. The summed E-state index contributed by atoms with van der Waals surface area (Å²) in [7, 11) is 3.22. The summed E-state index contributed by atoms with van der Waals surface area (Å²) in [4.78, 5) is 30.4. The minimum Gasteiger partial charge on any atom is -0.467 e. The molecular weight excluding hydrogens is 568 g/mol. The van der Waals surface area contributed by atoms with Crippen LogP contribution in [0.3, 0.4) is 0 Å². The fourth-order valence-electron chi connectivity index (χ4n) is 4.76. The van der Waals surface area contributed by atoms with Crippen molar-refractivity contribution < 1.29 is 23.1 Å². The number of carbonyl (C=O) groups excluding carboxylic acids is 2. The maximum absolute atomic E-state index is 13.8. The van der Waals surface area contributed by atoms with E-state index in [4.69, 9.17) is 4.74 Å². The Morgan fingerprint density at radius 1 is 1.02 bits per heavy atom. The molecule has 4 aromatic rings. The van der Waals surface area contributed by atoms with Crippen molar-refractivity contribution in [2.75, 3.05) is 19.1 Å². The van der Waals surface area contributed by atoms with Crippen LogP contribution in [0.4, 0.5) is 8.78 Å². The summed E-state index contributed by atoms with van der Waals surface area (Å²) >= 11 is 1.58. The van der Waals surface area contributed by atoms with E-state index >= 15 is 0 Å². The number of amides is 1. The van der Waals surface area contributed by atoms with Crippen LogP contribution >= 0.6 is 11.8 Å². The zero-order chi connectivity index (χ0) is 30.8. The number of benzene rings is 3. The first-order valence-corrected chi connectivity index (χ1v) is 15.3.